The molecule has 1 amide bonds. The largest absolute Gasteiger partial charge is 0.352 e. The van der Waals surface area contributed by atoms with E-state index in [4.69, 9.17) is 0 Å². The van der Waals surface area contributed by atoms with Crippen molar-refractivity contribution in [3.05, 3.63) is 75.4 Å². The number of aromatic nitrogens is 4. The molecule has 146 valence electrons. The van der Waals surface area contributed by atoms with E-state index >= 15 is 0 Å². The summed E-state index contributed by atoms with van der Waals surface area (Å²) in [4.78, 5) is 23.1. The van der Waals surface area contributed by atoms with Gasteiger partial charge in [-0.2, -0.15) is 10.2 Å². The van der Waals surface area contributed by atoms with Crippen molar-refractivity contribution < 1.29 is 9.72 Å². The van der Waals surface area contributed by atoms with Gasteiger partial charge < -0.3 is 5.32 Å². The molecule has 0 unspecified atom stereocenters. The lowest BCUT2D eigenvalue weighted by Crippen LogP contribution is -2.25. The smallest absolute Gasteiger partial charge is 0.312 e. The summed E-state index contributed by atoms with van der Waals surface area (Å²) in [5, 5.41) is 22.4. The average molecular weight is 382 g/mol. The first-order chi connectivity index (χ1) is 13.5. The number of aryl methyl sites for hydroxylation is 2. The van der Waals surface area contributed by atoms with Crippen LogP contribution in [0.5, 0.6) is 0 Å². The lowest BCUT2D eigenvalue weighted by molar-refractivity contribution is -0.386. The van der Waals surface area contributed by atoms with Gasteiger partial charge in [-0.05, 0) is 44.0 Å². The molecule has 0 aliphatic rings. The van der Waals surface area contributed by atoms with Crippen molar-refractivity contribution >= 4 is 11.6 Å². The highest BCUT2D eigenvalue weighted by molar-refractivity contribution is 5.94. The normalized spacial score (nSPS) is 10.8. The fourth-order valence-corrected chi connectivity index (χ4v) is 3.07. The number of carbonyl (C=O) groups is 1. The van der Waals surface area contributed by atoms with Crippen LogP contribution < -0.4 is 5.32 Å². The summed E-state index contributed by atoms with van der Waals surface area (Å²) in [5.41, 5.74) is 2.31. The molecule has 9 heteroatoms. The maximum Gasteiger partial charge on any atom is 0.312 e. The van der Waals surface area contributed by atoms with Crippen molar-refractivity contribution in [2.24, 2.45) is 0 Å². The van der Waals surface area contributed by atoms with Crippen molar-refractivity contribution in [1.29, 1.82) is 0 Å². The second-order valence-electron chi connectivity index (χ2n) is 6.51. The molecule has 0 bridgehead atoms. The monoisotopic (exact) mass is 382 g/mol. The lowest BCUT2D eigenvalue weighted by atomic mass is 10.1. The molecule has 9 nitrogen and oxygen atoms in total. The molecular formula is C19H22N6O3. The Bertz CT molecular complexity index is 978. The summed E-state index contributed by atoms with van der Waals surface area (Å²) in [6, 6.07) is 9.06. The van der Waals surface area contributed by atoms with E-state index in [1.54, 1.807) is 42.9 Å². The van der Waals surface area contributed by atoms with Gasteiger partial charge in [0.05, 0.1) is 11.5 Å². The molecule has 0 radical (unpaired) electrons. The van der Waals surface area contributed by atoms with Gasteiger partial charge in [0.2, 0.25) is 0 Å². The molecule has 28 heavy (non-hydrogen) atoms. The first kappa shape index (κ1) is 19.3. The maximum absolute atomic E-state index is 12.4. The summed E-state index contributed by atoms with van der Waals surface area (Å²) >= 11 is 0. The van der Waals surface area contributed by atoms with E-state index < -0.39 is 4.92 Å². The molecule has 1 N–H and O–H groups in total. The van der Waals surface area contributed by atoms with E-state index in [1.165, 1.54) is 0 Å². The SMILES string of the molecule is Cc1nn(Cc2cccc(C(=O)NCCCn3cccn3)c2)c(C)c1[N+](=O)[O-]. The third-order valence-corrected chi connectivity index (χ3v) is 4.46. The number of hydrogen-bond acceptors (Lipinski definition) is 5. The van der Waals surface area contributed by atoms with E-state index in [-0.39, 0.29) is 11.6 Å². The highest BCUT2D eigenvalue weighted by Crippen LogP contribution is 2.22. The van der Waals surface area contributed by atoms with Gasteiger partial charge in [-0.25, -0.2) is 0 Å². The zero-order valence-electron chi connectivity index (χ0n) is 15.8. The van der Waals surface area contributed by atoms with E-state index in [9.17, 15) is 14.9 Å². The average Bonchev–Trinajstić information content (AvgIpc) is 3.27. The van der Waals surface area contributed by atoms with Crippen LogP contribution in [0, 0.1) is 24.0 Å². The topological polar surface area (TPSA) is 108 Å². The highest BCUT2D eigenvalue weighted by Gasteiger charge is 2.21. The Balaban J connectivity index is 1.61. The number of nitrogens with one attached hydrogen (secondary N) is 1. The van der Waals surface area contributed by atoms with Crippen LogP contribution in [0.3, 0.4) is 0 Å². The molecule has 0 saturated carbocycles. The Morgan fingerprint density at radius 2 is 2.11 bits per heavy atom. The molecule has 2 heterocycles. The number of nitrogens with zero attached hydrogens (tertiary/aromatic N) is 5. The van der Waals surface area contributed by atoms with Crippen LogP contribution in [-0.4, -0.2) is 36.9 Å². The minimum atomic E-state index is -0.415. The zero-order chi connectivity index (χ0) is 20.1. The summed E-state index contributed by atoms with van der Waals surface area (Å²) in [7, 11) is 0. The molecule has 3 aromatic rings. The third-order valence-electron chi connectivity index (χ3n) is 4.46. The van der Waals surface area contributed by atoms with Crippen LogP contribution in [-0.2, 0) is 13.1 Å². The van der Waals surface area contributed by atoms with Gasteiger partial charge in [0.15, 0.2) is 0 Å². The summed E-state index contributed by atoms with van der Waals surface area (Å²) in [5.74, 6) is -0.151. The predicted octanol–water partition coefficient (Wildman–Crippen LogP) is 2.47. The van der Waals surface area contributed by atoms with E-state index in [2.05, 4.69) is 15.5 Å². The molecule has 0 aliphatic carbocycles. The van der Waals surface area contributed by atoms with Crippen LogP contribution in [0.15, 0.2) is 42.7 Å². The minimum absolute atomic E-state index is 0.0334. The second kappa shape index (κ2) is 8.47. The van der Waals surface area contributed by atoms with Gasteiger partial charge in [0.25, 0.3) is 5.91 Å². The molecule has 3 rings (SSSR count). The Morgan fingerprint density at radius 1 is 1.29 bits per heavy atom. The first-order valence-electron chi connectivity index (χ1n) is 8.98. The van der Waals surface area contributed by atoms with Crippen LogP contribution >= 0.6 is 0 Å². The van der Waals surface area contributed by atoms with Gasteiger partial charge in [0, 0.05) is 31.0 Å². The molecule has 0 spiro atoms. The zero-order valence-corrected chi connectivity index (χ0v) is 15.8. The van der Waals surface area contributed by atoms with Crippen LogP contribution in [0.1, 0.15) is 33.7 Å². The van der Waals surface area contributed by atoms with Crippen LogP contribution in [0.2, 0.25) is 0 Å². The summed E-state index contributed by atoms with van der Waals surface area (Å²) in [6.07, 6.45) is 4.39. The van der Waals surface area contributed by atoms with Crippen molar-refractivity contribution in [3.63, 3.8) is 0 Å². The lowest BCUT2D eigenvalue weighted by Gasteiger charge is -2.08. The Kier molecular flexibility index (Phi) is 5.83. The predicted molar refractivity (Wildman–Crippen MR) is 103 cm³/mol. The van der Waals surface area contributed by atoms with Crippen molar-refractivity contribution in [1.82, 2.24) is 24.9 Å². The Labute approximate surface area is 162 Å². The van der Waals surface area contributed by atoms with Gasteiger partial charge in [-0.3, -0.25) is 24.3 Å². The van der Waals surface area contributed by atoms with Crippen LogP contribution in [0.25, 0.3) is 0 Å². The fourth-order valence-electron chi connectivity index (χ4n) is 3.07. The first-order valence-corrected chi connectivity index (χ1v) is 8.98. The van der Waals surface area contributed by atoms with Crippen molar-refractivity contribution in [3.8, 4) is 0 Å². The van der Waals surface area contributed by atoms with Crippen molar-refractivity contribution in [2.45, 2.75) is 33.4 Å². The molecule has 0 atom stereocenters. The fraction of sp³-hybridized carbons (Fsp3) is 0.316. The molecular weight excluding hydrogens is 360 g/mol. The Morgan fingerprint density at radius 3 is 2.79 bits per heavy atom. The molecule has 1 aromatic carbocycles. The highest BCUT2D eigenvalue weighted by atomic mass is 16.6. The number of nitro groups is 1. The minimum Gasteiger partial charge on any atom is -0.352 e. The third kappa shape index (κ3) is 4.43. The second-order valence-corrected chi connectivity index (χ2v) is 6.51. The molecule has 0 saturated heterocycles. The number of hydrogen-bond donors (Lipinski definition) is 1. The van der Waals surface area contributed by atoms with Gasteiger partial charge in [0.1, 0.15) is 11.4 Å². The van der Waals surface area contributed by atoms with Crippen molar-refractivity contribution in [2.75, 3.05) is 6.54 Å². The molecule has 2 aromatic heterocycles. The number of rotatable bonds is 8. The summed E-state index contributed by atoms with van der Waals surface area (Å²) < 4.78 is 3.41. The number of amides is 1. The van der Waals surface area contributed by atoms with E-state index in [0.29, 0.717) is 30.0 Å². The van der Waals surface area contributed by atoms with E-state index in [0.717, 1.165) is 18.5 Å². The standard InChI is InChI=1S/C19H22N6O3/c1-14-18(25(27)28)15(2)24(22-14)13-16-6-3-7-17(12-16)19(26)20-8-4-10-23-11-5-9-21-23/h3,5-7,9,11-12H,4,8,10,13H2,1-2H3,(H,20,26). The molecule has 0 aliphatic heterocycles. The van der Waals surface area contributed by atoms with Gasteiger partial charge >= 0.3 is 5.69 Å². The number of benzene rings is 1. The number of carbonyl (C=O) groups excluding carboxylic acids is 1. The van der Waals surface area contributed by atoms with E-state index in [1.807, 2.05) is 23.0 Å². The quantitative estimate of drug-likeness (QED) is 0.366. The van der Waals surface area contributed by atoms with Gasteiger partial charge in [-0.15, -0.1) is 0 Å². The maximum atomic E-state index is 12.4. The van der Waals surface area contributed by atoms with Crippen LogP contribution in [0.4, 0.5) is 5.69 Å². The van der Waals surface area contributed by atoms with Gasteiger partial charge in [-0.1, -0.05) is 12.1 Å². The Hall–Kier alpha value is -3.49. The summed E-state index contributed by atoms with van der Waals surface area (Å²) in [6.45, 7) is 4.95. The molecule has 0 fully saturated rings.